The zero-order chi connectivity index (χ0) is 14.3. The molecular weight excluding hydrogens is 250 g/mol. The lowest BCUT2D eigenvalue weighted by atomic mass is 10.4. The summed E-state index contributed by atoms with van der Waals surface area (Å²) in [7, 11) is 0. The Hall–Kier alpha value is -1.86. The maximum Gasteiger partial charge on any atom is 0.310 e. The summed E-state index contributed by atoms with van der Waals surface area (Å²) >= 11 is 0. The summed E-state index contributed by atoms with van der Waals surface area (Å²) in [5.41, 5.74) is 6.94. The van der Waals surface area contributed by atoms with Crippen molar-refractivity contribution in [2.75, 3.05) is 19.7 Å². The molecule has 0 atom stereocenters. The van der Waals surface area contributed by atoms with Crippen LogP contribution in [0.3, 0.4) is 0 Å². The molecule has 3 N–H and O–H groups in total. The number of amides is 2. The fourth-order valence-corrected chi connectivity index (χ4v) is 1.48. The minimum absolute atomic E-state index is 0.131. The van der Waals surface area contributed by atoms with Gasteiger partial charge in [0.25, 0.3) is 0 Å². The Labute approximate surface area is 111 Å². The number of hydroxylamine groups is 1. The van der Waals surface area contributed by atoms with Gasteiger partial charge in [0.1, 0.15) is 5.76 Å². The minimum atomic E-state index is -0.665. The first kappa shape index (κ1) is 15.2. The predicted molar refractivity (Wildman–Crippen MR) is 67.9 cm³/mol. The summed E-state index contributed by atoms with van der Waals surface area (Å²) in [6, 6.07) is 3.29. The van der Waals surface area contributed by atoms with Crippen molar-refractivity contribution < 1.29 is 18.8 Å². The van der Waals surface area contributed by atoms with E-state index < -0.39 is 11.8 Å². The third-order valence-corrected chi connectivity index (χ3v) is 2.54. The van der Waals surface area contributed by atoms with E-state index in [1.165, 1.54) is 0 Å². The van der Waals surface area contributed by atoms with Crippen LogP contribution in [-0.2, 0) is 16.2 Å². The molecule has 1 rings (SSSR count). The highest BCUT2D eigenvalue weighted by Crippen LogP contribution is 2.10. The van der Waals surface area contributed by atoms with Gasteiger partial charge in [0.2, 0.25) is 5.91 Å². The van der Waals surface area contributed by atoms with E-state index in [0.717, 1.165) is 13.1 Å². The van der Waals surface area contributed by atoms with Crippen molar-refractivity contribution in [1.82, 2.24) is 10.4 Å². The smallest absolute Gasteiger partial charge is 0.310 e. The summed E-state index contributed by atoms with van der Waals surface area (Å²) in [5.74, 6) is -0.385. The first-order valence-corrected chi connectivity index (χ1v) is 6.08. The number of carbonyl (C=O) groups excluding carboxylic acids is 2. The summed E-state index contributed by atoms with van der Waals surface area (Å²) in [4.78, 5) is 28.8. The van der Waals surface area contributed by atoms with Crippen LogP contribution in [0.5, 0.6) is 0 Å². The van der Waals surface area contributed by atoms with Gasteiger partial charge < -0.3 is 10.2 Å². The van der Waals surface area contributed by atoms with Gasteiger partial charge in [0.05, 0.1) is 6.54 Å². The van der Waals surface area contributed by atoms with Crippen LogP contribution < -0.4 is 11.2 Å². The fraction of sp³-hybridized carbons (Fsp3) is 0.500. The molecule has 0 bridgehead atoms. The molecule has 0 aromatic carbocycles. The van der Waals surface area contributed by atoms with Crippen molar-refractivity contribution in [2.45, 2.75) is 20.4 Å². The average molecular weight is 269 g/mol. The zero-order valence-corrected chi connectivity index (χ0v) is 11.1. The highest BCUT2D eigenvalue weighted by atomic mass is 16.7. The monoisotopic (exact) mass is 269 g/mol. The summed E-state index contributed by atoms with van der Waals surface area (Å²) < 4.78 is 5.39. The number of hydrogen-bond acceptors (Lipinski definition) is 5. The van der Waals surface area contributed by atoms with Crippen molar-refractivity contribution in [3.63, 3.8) is 0 Å². The molecular formula is C12H19N3O4. The van der Waals surface area contributed by atoms with Crippen LogP contribution >= 0.6 is 0 Å². The van der Waals surface area contributed by atoms with Crippen LogP contribution in [0.4, 0.5) is 0 Å². The molecule has 0 saturated carbocycles. The number of nitrogens with one attached hydrogen (secondary N) is 1. The standard InChI is InChI=1S/C12H19N3O4/c1-3-15(4-2)7-9-5-6-10(19-9)12(17)14-18-8-11(13)16/h5-6H,3-4,7-8H2,1-2H3,(H2,13,16)(H,14,17). The molecule has 0 fully saturated rings. The summed E-state index contributed by atoms with van der Waals surface area (Å²) in [5, 5.41) is 0. The van der Waals surface area contributed by atoms with E-state index in [-0.39, 0.29) is 12.4 Å². The molecule has 1 aromatic heterocycles. The third kappa shape index (κ3) is 5.11. The van der Waals surface area contributed by atoms with Crippen molar-refractivity contribution in [2.24, 2.45) is 5.73 Å². The van der Waals surface area contributed by atoms with E-state index >= 15 is 0 Å². The molecule has 0 saturated heterocycles. The SMILES string of the molecule is CCN(CC)Cc1ccc(C(=O)NOCC(N)=O)o1. The Kier molecular flexibility index (Phi) is 6.04. The lowest BCUT2D eigenvalue weighted by molar-refractivity contribution is -0.124. The zero-order valence-electron chi connectivity index (χ0n) is 11.1. The summed E-state index contributed by atoms with van der Waals surface area (Å²) in [6.07, 6.45) is 0. The molecule has 0 radical (unpaired) electrons. The van der Waals surface area contributed by atoms with Crippen LogP contribution in [0.2, 0.25) is 0 Å². The number of furan rings is 1. The molecule has 106 valence electrons. The number of rotatable bonds is 8. The number of hydrogen-bond donors (Lipinski definition) is 2. The lowest BCUT2D eigenvalue weighted by Gasteiger charge is -2.15. The van der Waals surface area contributed by atoms with Crippen molar-refractivity contribution >= 4 is 11.8 Å². The quantitative estimate of drug-likeness (QED) is 0.660. The molecule has 7 heteroatoms. The molecule has 1 aromatic rings. The van der Waals surface area contributed by atoms with Gasteiger partial charge in [-0.1, -0.05) is 13.8 Å². The van der Waals surface area contributed by atoms with Gasteiger partial charge in [0.15, 0.2) is 12.4 Å². The Morgan fingerprint density at radius 3 is 2.63 bits per heavy atom. The van der Waals surface area contributed by atoms with E-state index in [1.807, 2.05) is 0 Å². The molecule has 1 heterocycles. The highest BCUT2D eigenvalue weighted by molar-refractivity contribution is 5.90. The number of primary amides is 1. The third-order valence-electron chi connectivity index (χ3n) is 2.54. The highest BCUT2D eigenvalue weighted by Gasteiger charge is 2.12. The van der Waals surface area contributed by atoms with Crippen LogP contribution in [0, 0.1) is 0 Å². The second kappa shape index (κ2) is 7.55. The molecule has 0 aliphatic carbocycles. The molecule has 0 spiro atoms. The van der Waals surface area contributed by atoms with E-state index in [4.69, 9.17) is 10.2 Å². The maximum absolute atomic E-state index is 11.6. The van der Waals surface area contributed by atoms with Gasteiger partial charge in [-0.2, -0.15) is 0 Å². The lowest BCUT2D eigenvalue weighted by Crippen LogP contribution is -2.29. The first-order valence-electron chi connectivity index (χ1n) is 6.08. The number of carbonyl (C=O) groups is 2. The molecule has 19 heavy (non-hydrogen) atoms. The van der Waals surface area contributed by atoms with Crippen LogP contribution in [0.1, 0.15) is 30.2 Å². The number of nitrogens with zero attached hydrogens (tertiary/aromatic N) is 1. The van der Waals surface area contributed by atoms with E-state index in [1.54, 1.807) is 12.1 Å². The Morgan fingerprint density at radius 1 is 1.37 bits per heavy atom. The molecule has 2 amide bonds. The van der Waals surface area contributed by atoms with Crippen LogP contribution in [-0.4, -0.2) is 36.4 Å². The normalized spacial score (nSPS) is 10.7. The molecule has 0 aliphatic rings. The predicted octanol–water partition coefficient (Wildman–Crippen LogP) is 0.268. The second-order valence-corrected chi connectivity index (χ2v) is 3.91. The van der Waals surface area contributed by atoms with Crippen LogP contribution in [0.15, 0.2) is 16.5 Å². The van der Waals surface area contributed by atoms with Crippen molar-refractivity contribution in [3.8, 4) is 0 Å². The first-order chi connectivity index (χ1) is 9.06. The van der Waals surface area contributed by atoms with Gasteiger partial charge >= 0.3 is 5.91 Å². The minimum Gasteiger partial charge on any atom is -0.454 e. The van der Waals surface area contributed by atoms with Crippen molar-refractivity contribution in [3.05, 3.63) is 23.7 Å². The van der Waals surface area contributed by atoms with Gasteiger partial charge in [-0.05, 0) is 25.2 Å². The molecule has 0 aliphatic heterocycles. The largest absolute Gasteiger partial charge is 0.454 e. The Balaban J connectivity index is 2.49. The summed E-state index contributed by atoms with van der Waals surface area (Å²) in [6.45, 7) is 6.18. The van der Waals surface area contributed by atoms with Gasteiger partial charge in [0, 0.05) is 0 Å². The topological polar surface area (TPSA) is 97.8 Å². The average Bonchev–Trinajstić information content (AvgIpc) is 2.84. The molecule has 0 unspecified atom stereocenters. The van der Waals surface area contributed by atoms with E-state index in [2.05, 4.69) is 29.1 Å². The van der Waals surface area contributed by atoms with Gasteiger partial charge in [-0.3, -0.25) is 19.3 Å². The Morgan fingerprint density at radius 2 is 2.05 bits per heavy atom. The number of nitrogens with two attached hydrogens (primary N) is 1. The fourth-order valence-electron chi connectivity index (χ4n) is 1.48. The maximum atomic E-state index is 11.6. The van der Waals surface area contributed by atoms with E-state index in [0.29, 0.717) is 12.3 Å². The van der Waals surface area contributed by atoms with E-state index in [9.17, 15) is 9.59 Å². The van der Waals surface area contributed by atoms with Crippen LogP contribution in [0.25, 0.3) is 0 Å². The van der Waals surface area contributed by atoms with Gasteiger partial charge in [-0.25, -0.2) is 5.48 Å². The second-order valence-electron chi connectivity index (χ2n) is 3.91. The van der Waals surface area contributed by atoms with Gasteiger partial charge in [-0.15, -0.1) is 0 Å². The Bertz CT molecular complexity index is 426. The molecule has 7 nitrogen and oxygen atoms in total. The van der Waals surface area contributed by atoms with Crippen molar-refractivity contribution in [1.29, 1.82) is 0 Å².